The lowest BCUT2D eigenvalue weighted by atomic mass is 9.83. The van der Waals surface area contributed by atoms with Crippen molar-refractivity contribution in [2.24, 2.45) is 5.92 Å². The number of halogens is 1. The fourth-order valence-electron chi connectivity index (χ4n) is 3.11. The highest BCUT2D eigenvalue weighted by atomic mass is 35.5. The molecule has 3 atom stereocenters. The van der Waals surface area contributed by atoms with Crippen LogP contribution in [0.5, 0.6) is 0 Å². The van der Waals surface area contributed by atoms with E-state index in [0.717, 1.165) is 26.1 Å². The summed E-state index contributed by atoms with van der Waals surface area (Å²) < 4.78 is 5.57. The van der Waals surface area contributed by atoms with Crippen LogP contribution in [0.4, 0.5) is 0 Å². The topological polar surface area (TPSA) is 50.4 Å². The summed E-state index contributed by atoms with van der Waals surface area (Å²) in [6.07, 6.45) is 6.72. The van der Waals surface area contributed by atoms with Gasteiger partial charge in [-0.1, -0.05) is 26.2 Å². The standard InChI is InChI=1S/C14H26N2O2.ClH/c1-2-11-5-3-4-6-13(11)16-14(17)9-12-10-15-7-8-18-12;/h11-13,15H,2-10H2,1H3,(H,16,17);1H. The molecule has 19 heavy (non-hydrogen) atoms. The van der Waals surface area contributed by atoms with E-state index < -0.39 is 0 Å². The number of rotatable bonds is 4. The Kier molecular flexibility index (Phi) is 7.73. The maximum Gasteiger partial charge on any atom is 0.222 e. The second-order valence-corrected chi connectivity index (χ2v) is 5.53. The number of carbonyl (C=O) groups is 1. The molecule has 5 heteroatoms. The highest BCUT2D eigenvalue weighted by Gasteiger charge is 2.26. The molecule has 1 saturated carbocycles. The van der Waals surface area contributed by atoms with Gasteiger partial charge in [0.05, 0.1) is 19.1 Å². The van der Waals surface area contributed by atoms with Gasteiger partial charge in [0.25, 0.3) is 0 Å². The van der Waals surface area contributed by atoms with Gasteiger partial charge in [0.15, 0.2) is 0 Å². The van der Waals surface area contributed by atoms with Gasteiger partial charge in [0.2, 0.25) is 5.91 Å². The van der Waals surface area contributed by atoms with Crippen LogP contribution in [-0.2, 0) is 9.53 Å². The van der Waals surface area contributed by atoms with E-state index in [1.54, 1.807) is 0 Å². The largest absolute Gasteiger partial charge is 0.375 e. The van der Waals surface area contributed by atoms with Gasteiger partial charge in [-0.05, 0) is 18.8 Å². The molecule has 0 aromatic heterocycles. The van der Waals surface area contributed by atoms with Crippen LogP contribution < -0.4 is 10.6 Å². The maximum absolute atomic E-state index is 12.0. The van der Waals surface area contributed by atoms with Crippen LogP contribution in [-0.4, -0.2) is 37.7 Å². The van der Waals surface area contributed by atoms with E-state index in [9.17, 15) is 4.79 Å². The Labute approximate surface area is 122 Å². The number of carbonyl (C=O) groups excluding carboxylic acids is 1. The van der Waals surface area contributed by atoms with Crippen molar-refractivity contribution in [3.63, 3.8) is 0 Å². The van der Waals surface area contributed by atoms with E-state index in [0.29, 0.717) is 18.4 Å². The van der Waals surface area contributed by atoms with E-state index in [-0.39, 0.29) is 24.4 Å². The minimum Gasteiger partial charge on any atom is -0.375 e. The first-order chi connectivity index (χ1) is 8.79. The summed E-state index contributed by atoms with van der Waals surface area (Å²) in [5, 5.41) is 6.48. The van der Waals surface area contributed by atoms with E-state index in [2.05, 4.69) is 17.6 Å². The van der Waals surface area contributed by atoms with Gasteiger partial charge in [-0.3, -0.25) is 4.79 Å². The van der Waals surface area contributed by atoms with Crippen LogP contribution in [0.3, 0.4) is 0 Å². The van der Waals surface area contributed by atoms with Crippen molar-refractivity contribution in [1.82, 2.24) is 10.6 Å². The van der Waals surface area contributed by atoms with Crippen molar-refractivity contribution < 1.29 is 9.53 Å². The van der Waals surface area contributed by atoms with Crippen molar-refractivity contribution in [2.45, 2.75) is 57.6 Å². The summed E-state index contributed by atoms with van der Waals surface area (Å²) in [4.78, 5) is 12.0. The number of hydrogen-bond acceptors (Lipinski definition) is 3. The molecule has 2 rings (SSSR count). The predicted octanol–water partition coefficient (Wildman–Crippen LogP) is 1.87. The highest BCUT2D eigenvalue weighted by molar-refractivity contribution is 5.85. The predicted molar refractivity (Wildman–Crippen MR) is 78.7 cm³/mol. The fraction of sp³-hybridized carbons (Fsp3) is 0.929. The number of hydrogen-bond donors (Lipinski definition) is 2. The smallest absolute Gasteiger partial charge is 0.222 e. The van der Waals surface area contributed by atoms with Crippen LogP contribution >= 0.6 is 12.4 Å². The maximum atomic E-state index is 12.0. The third-order valence-electron chi connectivity index (χ3n) is 4.20. The Bertz CT molecular complexity index is 270. The fourth-order valence-corrected chi connectivity index (χ4v) is 3.11. The molecule has 0 bridgehead atoms. The summed E-state index contributed by atoms with van der Waals surface area (Å²) in [6, 6.07) is 0.396. The molecule has 3 unspecified atom stereocenters. The molecule has 0 spiro atoms. The van der Waals surface area contributed by atoms with Crippen molar-refractivity contribution in [3.05, 3.63) is 0 Å². The van der Waals surface area contributed by atoms with Crippen molar-refractivity contribution in [1.29, 1.82) is 0 Å². The molecule has 112 valence electrons. The second-order valence-electron chi connectivity index (χ2n) is 5.53. The Balaban J connectivity index is 0.00000180. The molecular weight excluding hydrogens is 264 g/mol. The zero-order valence-corrected chi connectivity index (χ0v) is 12.6. The summed E-state index contributed by atoms with van der Waals surface area (Å²) in [6.45, 7) is 4.65. The minimum atomic E-state index is 0. The third kappa shape index (κ3) is 5.28. The van der Waals surface area contributed by atoms with Gasteiger partial charge < -0.3 is 15.4 Å². The molecule has 2 fully saturated rings. The lowest BCUT2D eigenvalue weighted by molar-refractivity contribution is -0.125. The summed E-state index contributed by atoms with van der Waals surface area (Å²) >= 11 is 0. The van der Waals surface area contributed by atoms with Gasteiger partial charge in [-0.2, -0.15) is 0 Å². The minimum absolute atomic E-state index is 0. The second kappa shape index (κ2) is 8.77. The molecule has 1 heterocycles. The Morgan fingerprint density at radius 2 is 2.16 bits per heavy atom. The zero-order valence-electron chi connectivity index (χ0n) is 11.8. The van der Waals surface area contributed by atoms with Crippen molar-refractivity contribution in [3.8, 4) is 0 Å². The highest BCUT2D eigenvalue weighted by Crippen LogP contribution is 2.26. The molecule has 2 aliphatic rings. The lowest BCUT2D eigenvalue weighted by Crippen LogP contribution is -2.45. The van der Waals surface area contributed by atoms with Crippen LogP contribution in [0.2, 0.25) is 0 Å². The average Bonchev–Trinajstić information content (AvgIpc) is 2.40. The van der Waals surface area contributed by atoms with Gasteiger partial charge in [-0.25, -0.2) is 0 Å². The number of morpholine rings is 1. The zero-order chi connectivity index (χ0) is 12.8. The molecule has 1 aliphatic carbocycles. The van der Waals surface area contributed by atoms with E-state index in [4.69, 9.17) is 4.74 Å². The monoisotopic (exact) mass is 290 g/mol. The molecule has 1 saturated heterocycles. The Hall–Kier alpha value is -0.320. The van der Waals surface area contributed by atoms with Gasteiger partial charge in [0, 0.05) is 19.1 Å². The molecule has 4 nitrogen and oxygen atoms in total. The SMILES string of the molecule is CCC1CCCCC1NC(=O)CC1CNCCO1.Cl. The summed E-state index contributed by atoms with van der Waals surface area (Å²) in [5.74, 6) is 0.835. The van der Waals surface area contributed by atoms with Crippen LogP contribution in [0.25, 0.3) is 0 Å². The van der Waals surface area contributed by atoms with E-state index in [1.807, 2.05) is 0 Å². The quantitative estimate of drug-likeness (QED) is 0.831. The third-order valence-corrected chi connectivity index (χ3v) is 4.20. The van der Waals surface area contributed by atoms with Crippen molar-refractivity contribution >= 4 is 18.3 Å². The van der Waals surface area contributed by atoms with Crippen LogP contribution in [0.15, 0.2) is 0 Å². The van der Waals surface area contributed by atoms with Gasteiger partial charge in [-0.15, -0.1) is 12.4 Å². The van der Waals surface area contributed by atoms with Gasteiger partial charge in [0.1, 0.15) is 0 Å². The molecule has 1 amide bonds. The lowest BCUT2D eigenvalue weighted by Gasteiger charge is -2.32. The summed E-state index contributed by atoms with van der Waals surface area (Å²) in [7, 11) is 0. The molecular formula is C14H27ClN2O2. The average molecular weight is 291 g/mol. The van der Waals surface area contributed by atoms with Crippen LogP contribution in [0.1, 0.15) is 45.4 Å². The molecule has 2 N–H and O–H groups in total. The van der Waals surface area contributed by atoms with E-state index >= 15 is 0 Å². The molecule has 0 aromatic carbocycles. The Morgan fingerprint density at radius 3 is 2.84 bits per heavy atom. The first-order valence-corrected chi connectivity index (χ1v) is 7.41. The van der Waals surface area contributed by atoms with Gasteiger partial charge >= 0.3 is 0 Å². The number of nitrogens with one attached hydrogen (secondary N) is 2. The Morgan fingerprint density at radius 1 is 1.37 bits per heavy atom. The molecule has 0 radical (unpaired) electrons. The number of amides is 1. The summed E-state index contributed by atoms with van der Waals surface area (Å²) in [5.41, 5.74) is 0. The molecule has 0 aromatic rings. The molecule has 1 aliphatic heterocycles. The first kappa shape index (κ1) is 16.7. The number of ether oxygens (including phenoxy) is 1. The van der Waals surface area contributed by atoms with Crippen LogP contribution in [0, 0.1) is 5.92 Å². The first-order valence-electron chi connectivity index (χ1n) is 7.41. The normalized spacial score (nSPS) is 31.3. The van der Waals surface area contributed by atoms with E-state index in [1.165, 1.54) is 25.7 Å². The van der Waals surface area contributed by atoms with Crippen molar-refractivity contribution in [2.75, 3.05) is 19.7 Å².